The molecule has 128 valence electrons. The van der Waals surface area contributed by atoms with Crippen LogP contribution >= 0.6 is 0 Å². The maximum atomic E-state index is 13.0. The van der Waals surface area contributed by atoms with Crippen molar-refractivity contribution in [1.29, 1.82) is 0 Å². The van der Waals surface area contributed by atoms with E-state index in [0.29, 0.717) is 0 Å². The predicted octanol–water partition coefficient (Wildman–Crippen LogP) is 3.57. The summed E-state index contributed by atoms with van der Waals surface area (Å²) in [6, 6.07) is 7.01. The molecule has 1 aromatic carbocycles. The highest BCUT2D eigenvalue weighted by molar-refractivity contribution is 6.06. The summed E-state index contributed by atoms with van der Waals surface area (Å²) in [6.07, 6.45) is 8.40. The molecule has 4 heteroatoms. The maximum absolute atomic E-state index is 13.0. The molecule has 0 bridgehead atoms. The van der Waals surface area contributed by atoms with E-state index in [4.69, 9.17) is 0 Å². The molecule has 24 heavy (non-hydrogen) atoms. The highest BCUT2D eigenvalue weighted by atomic mass is 16.2. The average Bonchev–Trinajstić information content (AvgIpc) is 3.19. The molecule has 1 saturated heterocycles. The number of aromatic amines is 1. The van der Waals surface area contributed by atoms with Gasteiger partial charge in [-0.15, -0.1) is 0 Å². The molecular formula is C20H27N3O. The Morgan fingerprint density at radius 1 is 1.08 bits per heavy atom. The molecule has 1 aliphatic carbocycles. The lowest BCUT2D eigenvalue weighted by molar-refractivity contribution is 0.0760. The summed E-state index contributed by atoms with van der Waals surface area (Å²) < 4.78 is 0. The third kappa shape index (κ3) is 2.95. The van der Waals surface area contributed by atoms with Gasteiger partial charge < -0.3 is 9.88 Å². The van der Waals surface area contributed by atoms with Gasteiger partial charge in [-0.3, -0.25) is 9.69 Å². The zero-order valence-electron chi connectivity index (χ0n) is 14.6. The fourth-order valence-electron chi connectivity index (χ4n) is 4.36. The van der Waals surface area contributed by atoms with Crippen LogP contribution in [0.4, 0.5) is 0 Å². The predicted molar refractivity (Wildman–Crippen MR) is 97.4 cm³/mol. The zero-order chi connectivity index (χ0) is 16.5. The number of aryl methyl sites for hydroxylation is 1. The Bertz CT molecular complexity index is 730. The number of nitrogens with zero attached hydrogens (tertiary/aromatic N) is 2. The SMILES string of the molecule is Cc1ccc2c(C(=O)N3CCCN(C4CCCC4)CC3)c[nH]c2c1. The van der Waals surface area contributed by atoms with Crippen LogP contribution in [0.5, 0.6) is 0 Å². The number of fused-ring (bicyclic) bond motifs is 1. The van der Waals surface area contributed by atoms with E-state index < -0.39 is 0 Å². The van der Waals surface area contributed by atoms with Gasteiger partial charge in [-0.1, -0.05) is 25.0 Å². The average molecular weight is 325 g/mol. The van der Waals surface area contributed by atoms with Crippen LogP contribution in [0.1, 0.15) is 48.0 Å². The smallest absolute Gasteiger partial charge is 0.256 e. The molecular weight excluding hydrogens is 298 g/mol. The Morgan fingerprint density at radius 3 is 2.75 bits per heavy atom. The van der Waals surface area contributed by atoms with E-state index in [1.54, 1.807) is 0 Å². The monoisotopic (exact) mass is 325 g/mol. The van der Waals surface area contributed by atoms with Gasteiger partial charge in [0.25, 0.3) is 5.91 Å². The first-order valence-electron chi connectivity index (χ1n) is 9.33. The van der Waals surface area contributed by atoms with E-state index in [-0.39, 0.29) is 5.91 Å². The molecule has 2 heterocycles. The van der Waals surface area contributed by atoms with Crippen LogP contribution in [0.25, 0.3) is 10.9 Å². The van der Waals surface area contributed by atoms with E-state index >= 15 is 0 Å². The van der Waals surface area contributed by atoms with E-state index in [2.05, 4.69) is 39.9 Å². The van der Waals surface area contributed by atoms with E-state index in [1.165, 1.54) is 31.2 Å². The molecule has 2 fully saturated rings. The minimum Gasteiger partial charge on any atom is -0.360 e. The number of benzene rings is 1. The summed E-state index contributed by atoms with van der Waals surface area (Å²) in [4.78, 5) is 21.0. The number of hydrogen-bond donors (Lipinski definition) is 1. The first-order valence-corrected chi connectivity index (χ1v) is 9.33. The lowest BCUT2D eigenvalue weighted by atomic mass is 10.1. The van der Waals surface area contributed by atoms with Crippen LogP contribution in [-0.4, -0.2) is 52.9 Å². The van der Waals surface area contributed by atoms with E-state index in [1.807, 2.05) is 6.20 Å². The number of carbonyl (C=O) groups is 1. The summed E-state index contributed by atoms with van der Waals surface area (Å²) in [5, 5.41) is 1.04. The molecule has 0 spiro atoms. The van der Waals surface area contributed by atoms with Crippen LogP contribution in [-0.2, 0) is 0 Å². The molecule has 1 N–H and O–H groups in total. The molecule has 0 unspecified atom stereocenters. The maximum Gasteiger partial charge on any atom is 0.256 e. The summed E-state index contributed by atoms with van der Waals surface area (Å²) in [5.41, 5.74) is 3.09. The van der Waals surface area contributed by atoms with Crippen molar-refractivity contribution in [1.82, 2.24) is 14.8 Å². The van der Waals surface area contributed by atoms with Crippen molar-refractivity contribution in [2.45, 2.75) is 45.1 Å². The van der Waals surface area contributed by atoms with Gasteiger partial charge in [0, 0.05) is 49.3 Å². The Hall–Kier alpha value is -1.81. The van der Waals surface area contributed by atoms with Crippen LogP contribution in [0.2, 0.25) is 0 Å². The van der Waals surface area contributed by atoms with Crippen molar-refractivity contribution >= 4 is 16.8 Å². The summed E-state index contributed by atoms with van der Waals surface area (Å²) in [5.74, 6) is 0.179. The van der Waals surface area contributed by atoms with Crippen molar-refractivity contribution in [3.63, 3.8) is 0 Å². The lowest BCUT2D eigenvalue weighted by Crippen LogP contribution is -2.38. The van der Waals surface area contributed by atoms with Gasteiger partial charge in [-0.2, -0.15) is 0 Å². The number of carbonyl (C=O) groups excluding carboxylic acids is 1. The second kappa shape index (κ2) is 6.60. The number of aromatic nitrogens is 1. The van der Waals surface area contributed by atoms with Crippen LogP contribution in [0.15, 0.2) is 24.4 Å². The highest BCUT2D eigenvalue weighted by Crippen LogP contribution is 2.25. The third-order valence-corrected chi connectivity index (χ3v) is 5.73. The van der Waals surface area contributed by atoms with Crippen LogP contribution in [0.3, 0.4) is 0 Å². The first kappa shape index (κ1) is 15.7. The second-order valence-corrected chi connectivity index (χ2v) is 7.37. The molecule has 4 rings (SSSR count). The van der Waals surface area contributed by atoms with Crippen molar-refractivity contribution < 1.29 is 4.79 Å². The minimum atomic E-state index is 0.179. The molecule has 2 aliphatic rings. The molecule has 1 aromatic heterocycles. The van der Waals surface area contributed by atoms with Gasteiger partial charge in [0.05, 0.1) is 5.56 Å². The molecule has 1 saturated carbocycles. The Labute approximate surface area is 143 Å². The molecule has 2 aromatic rings. The second-order valence-electron chi connectivity index (χ2n) is 7.37. The first-order chi connectivity index (χ1) is 11.7. The third-order valence-electron chi connectivity index (χ3n) is 5.73. The number of H-pyrrole nitrogens is 1. The topological polar surface area (TPSA) is 39.3 Å². The number of nitrogens with one attached hydrogen (secondary N) is 1. The van der Waals surface area contributed by atoms with Gasteiger partial charge in [0.15, 0.2) is 0 Å². The van der Waals surface area contributed by atoms with Crippen molar-refractivity contribution in [2.75, 3.05) is 26.2 Å². The normalized spacial score (nSPS) is 20.6. The van der Waals surface area contributed by atoms with Crippen molar-refractivity contribution in [2.24, 2.45) is 0 Å². The zero-order valence-corrected chi connectivity index (χ0v) is 14.6. The molecule has 0 radical (unpaired) electrons. The quantitative estimate of drug-likeness (QED) is 0.917. The fraction of sp³-hybridized carbons (Fsp3) is 0.550. The molecule has 1 amide bonds. The summed E-state index contributed by atoms with van der Waals surface area (Å²) >= 11 is 0. The molecule has 1 aliphatic heterocycles. The number of amides is 1. The van der Waals surface area contributed by atoms with Gasteiger partial charge in [0.2, 0.25) is 0 Å². The summed E-state index contributed by atoms with van der Waals surface area (Å²) in [6.45, 7) is 5.97. The van der Waals surface area contributed by atoms with Gasteiger partial charge in [-0.05, 0) is 37.8 Å². The van der Waals surface area contributed by atoms with Crippen molar-refractivity contribution in [3.05, 3.63) is 35.5 Å². The van der Waals surface area contributed by atoms with E-state index in [0.717, 1.165) is 55.1 Å². The van der Waals surface area contributed by atoms with Gasteiger partial charge in [-0.25, -0.2) is 0 Å². The number of rotatable bonds is 2. The highest BCUT2D eigenvalue weighted by Gasteiger charge is 2.27. The molecule has 0 atom stereocenters. The standard InChI is InChI=1S/C20H27N3O/c1-15-7-8-17-18(14-21-19(17)13-15)20(24)23-10-4-9-22(11-12-23)16-5-2-3-6-16/h7-8,13-14,16,21H,2-6,9-12H2,1H3. The van der Waals surface area contributed by atoms with E-state index in [9.17, 15) is 4.79 Å². The van der Waals surface area contributed by atoms with Crippen LogP contribution < -0.4 is 0 Å². The molecule has 4 nitrogen and oxygen atoms in total. The van der Waals surface area contributed by atoms with Gasteiger partial charge >= 0.3 is 0 Å². The Morgan fingerprint density at radius 2 is 1.92 bits per heavy atom. The van der Waals surface area contributed by atoms with Crippen molar-refractivity contribution in [3.8, 4) is 0 Å². The Kier molecular flexibility index (Phi) is 4.31. The van der Waals surface area contributed by atoms with Crippen LogP contribution in [0, 0.1) is 6.92 Å². The minimum absolute atomic E-state index is 0.179. The Balaban J connectivity index is 1.49. The van der Waals surface area contributed by atoms with Gasteiger partial charge in [0.1, 0.15) is 0 Å². The number of hydrogen-bond acceptors (Lipinski definition) is 2. The lowest BCUT2D eigenvalue weighted by Gasteiger charge is -2.27. The largest absolute Gasteiger partial charge is 0.360 e. The fourth-order valence-corrected chi connectivity index (χ4v) is 4.36. The summed E-state index contributed by atoms with van der Waals surface area (Å²) in [7, 11) is 0.